The van der Waals surface area contributed by atoms with Gasteiger partial charge in [-0.05, 0) is 29.8 Å². The largest absolute Gasteiger partial charge is 0.497 e. The van der Waals surface area contributed by atoms with Crippen LogP contribution in [0.4, 0.5) is 11.6 Å². The van der Waals surface area contributed by atoms with Crippen molar-refractivity contribution < 1.29 is 4.74 Å². The van der Waals surface area contributed by atoms with Crippen molar-refractivity contribution >= 4 is 11.6 Å². The molecule has 0 spiro atoms. The molecule has 0 saturated heterocycles. The van der Waals surface area contributed by atoms with Crippen molar-refractivity contribution in [2.24, 2.45) is 0 Å². The minimum Gasteiger partial charge on any atom is -0.497 e. The van der Waals surface area contributed by atoms with Crippen molar-refractivity contribution in [1.82, 2.24) is 14.9 Å². The van der Waals surface area contributed by atoms with Crippen molar-refractivity contribution in [2.45, 2.75) is 6.42 Å². The Morgan fingerprint density at radius 3 is 2.46 bits per heavy atom. The number of hydrogen-bond donors (Lipinski definition) is 2. The number of ether oxygens (including phenoxy) is 1. The summed E-state index contributed by atoms with van der Waals surface area (Å²) >= 11 is 0. The number of methoxy groups -OCH3 is 1. The van der Waals surface area contributed by atoms with Gasteiger partial charge in [-0.1, -0.05) is 30.3 Å². The highest BCUT2D eigenvalue weighted by molar-refractivity contribution is 5.52. The average Bonchev–Trinajstić information content (AvgIpc) is 2.63. The lowest BCUT2D eigenvalue weighted by atomic mass is 10.1. The molecule has 0 saturated carbocycles. The van der Waals surface area contributed by atoms with Crippen molar-refractivity contribution in [3.8, 4) is 5.75 Å². The van der Waals surface area contributed by atoms with E-state index < -0.39 is 0 Å². The van der Waals surface area contributed by atoms with Gasteiger partial charge in [0, 0.05) is 12.1 Å². The maximum absolute atomic E-state index is 12.4. The van der Waals surface area contributed by atoms with Gasteiger partial charge in [-0.3, -0.25) is 4.79 Å². The van der Waals surface area contributed by atoms with Crippen molar-refractivity contribution in [3.63, 3.8) is 0 Å². The SMILES string of the molecule is COc1ccc(Cc2nnc(Nc3ccccc3)n(N)c2=O)cc1. The Kier molecular flexibility index (Phi) is 4.42. The van der Waals surface area contributed by atoms with Gasteiger partial charge in [-0.15, -0.1) is 10.2 Å². The first-order valence-corrected chi connectivity index (χ1v) is 7.36. The van der Waals surface area contributed by atoms with Crippen LogP contribution in [0.1, 0.15) is 11.3 Å². The maximum atomic E-state index is 12.4. The molecule has 0 bridgehead atoms. The van der Waals surface area contributed by atoms with Crippen LogP contribution in [0.15, 0.2) is 59.4 Å². The lowest BCUT2D eigenvalue weighted by molar-refractivity contribution is 0.414. The first kappa shape index (κ1) is 15.5. The number of nitrogens with zero attached hydrogens (tertiary/aromatic N) is 3. The highest BCUT2D eigenvalue weighted by atomic mass is 16.5. The van der Waals surface area contributed by atoms with Crippen LogP contribution in [0.2, 0.25) is 0 Å². The minimum atomic E-state index is -0.390. The smallest absolute Gasteiger partial charge is 0.295 e. The second-order valence-electron chi connectivity index (χ2n) is 5.16. The molecular formula is C17H17N5O2. The van der Waals surface area contributed by atoms with Crippen LogP contribution in [0.3, 0.4) is 0 Å². The highest BCUT2D eigenvalue weighted by Gasteiger charge is 2.11. The average molecular weight is 323 g/mol. The lowest BCUT2D eigenvalue weighted by Crippen LogP contribution is -2.34. The van der Waals surface area contributed by atoms with Crippen LogP contribution in [0.25, 0.3) is 0 Å². The number of hydrogen-bond acceptors (Lipinski definition) is 6. The van der Waals surface area contributed by atoms with Gasteiger partial charge in [0.1, 0.15) is 11.4 Å². The van der Waals surface area contributed by atoms with E-state index >= 15 is 0 Å². The molecule has 7 nitrogen and oxygen atoms in total. The minimum absolute atomic E-state index is 0.185. The van der Waals surface area contributed by atoms with Crippen LogP contribution in [0.5, 0.6) is 5.75 Å². The molecule has 0 aliphatic carbocycles. The van der Waals surface area contributed by atoms with E-state index in [1.807, 2.05) is 54.6 Å². The molecule has 0 unspecified atom stereocenters. The molecule has 2 aromatic carbocycles. The summed E-state index contributed by atoms with van der Waals surface area (Å²) < 4.78 is 6.08. The van der Waals surface area contributed by atoms with E-state index in [1.165, 1.54) is 0 Å². The lowest BCUT2D eigenvalue weighted by Gasteiger charge is -2.10. The predicted octanol–water partition coefficient (Wildman–Crippen LogP) is 1.70. The van der Waals surface area contributed by atoms with Gasteiger partial charge in [0.2, 0.25) is 5.95 Å². The zero-order chi connectivity index (χ0) is 16.9. The van der Waals surface area contributed by atoms with Gasteiger partial charge in [0.05, 0.1) is 7.11 Å². The third kappa shape index (κ3) is 3.35. The van der Waals surface area contributed by atoms with Crippen LogP contribution in [-0.2, 0) is 6.42 Å². The Morgan fingerprint density at radius 2 is 1.79 bits per heavy atom. The quantitative estimate of drug-likeness (QED) is 0.694. The van der Waals surface area contributed by atoms with E-state index in [0.717, 1.165) is 21.7 Å². The number of rotatable bonds is 5. The van der Waals surface area contributed by atoms with Gasteiger partial charge >= 0.3 is 0 Å². The molecule has 0 fully saturated rings. The summed E-state index contributed by atoms with van der Waals surface area (Å²) in [5.41, 5.74) is 1.58. The Balaban J connectivity index is 1.83. The van der Waals surface area contributed by atoms with E-state index in [-0.39, 0.29) is 17.2 Å². The Hall–Kier alpha value is -3.35. The number of para-hydroxylation sites is 1. The van der Waals surface area contributed by atoms with Crippen LogP contribution in [-0.4, -0.2) is 22.0 Å². The fourth-order valence-corrected chi connectivity index (χ4v) is 2.22. The molecule has 1 heterocycles. The molecule has 122 valence electrons. The monoisotopic (exact) mass is 323 g/mol. The van der Waals surface area contributed by atoms with Crippen molar-refractivity contribution in [1.29, 1.82) is 0 Å². The molecule has 0 atom stereocenters. The Labute approximate surface area is 138 Å². The van der Waals surface area contributed by atoms with Crippen LogP contribution in [0, 0.1) is 0 Å². The van der Waals surface area contributed by atoms with E-state index in [2.05, 4.69) is 15.5 Å². The zero-order valence-electron chi connectivity index (χ0n) is 13.1. The van der Waals surface area contributed by atoms with E-state index in [4.69, 9.17) is 10.6 Å². The van der Waals surface area contributed by atoms with E-state index in [0.29, 0.717) is 6.42 Å². The number of benzene rings is 2. The summed E-state index contributed by atoms with van der Waals surface area (Å²) in [6.07, 6.45) is 0.346. The predicted molar refractivity (Wildman–Crippen MR) is 92.0 cm³/mol. The molecule has 0 aliphatic rings. The third-order valence-corrected chi connectivity index (χ3v) is 3.52. The first-order valence-electron chi connectivity index (χ1n) is 7.36. The van der Waals surface area contributed by atoms with Gasteiger partial charge < -0.3 is 15.9 Å². The molecule has 7 heteroatoms. The first-order chi connectivity index (χ1) is 11.7. The standard InChI is InChI=1S/C17H17N5O2/c1-24-14-9-7-12(8-10-14)11-15-16(23)22(18)17(21-20-15)19-13-5-3-2-4-6-13/h2-10H,11,18H2,1H3,(H,19,21). The highest BCUT2D eigenvalue weighted by Crippen LogP contribution is 2.14. The van der Waals surface area contributed by atoms with Gasteiger partial charge in [0.15, 0.2) is 0 Å². The number of anilines is 2. The summed E-state index contributed by atoms with van der Waals surface area (Å²) in [5.74, 6) is 6.79. The zero-order valence-corrected chi connectivity index (χ0v) is 13.1. The fraction of sp³-hybridized carbons (Fsp3) is 0.118. The summed E-state index contributed by atoms with van der Waals surface area (Å²) in [5, 5.41) is 11.0. The van der Waals surface area contributed by atoms with Crippen LogP contribution >= 0.6 is 0 Å². The van der Waals surface area contributed by atoms with E-state index in [9.17, 15) is 4.79 Å². The number of nitrogens with two attached hydrogens (primary N) is 1. The number of nitrogens with one attached hydrogen (secondary N) is 1. The number of aromatic nitrogens is 3. The molecule has 1 aromatic heterocycles. The summed E-state index contributed by atoms with van der Waals surface area (Å²) in [6.45, 7) is 0. The molecular weight excluding hydrogens is 306 g/mol. The summed E-state index contributed by atoms with van der Waals surface area (Å²) in [6, 6.07) is 16.7. The van der Waals surface area contributed by atoms with Crippen molar-refractivity contribution in [3.05, 3.63) is 76.2 Å². The normalized spacial score (nSPS) is 10.4. The second-order valence-corrected chi connectivity index (χ2v) is 5.16. The molecule has 0 amide bonds. The topological polar surface area (TPSA) is 95.1 Å². The molecule has 3 rings (SSSR count). The molecule has 0 radical (unpaired) electrons. The molecule has 3 N–H and O–H groups in total. The Bertz CT molecular complexity index is 876. The second kappa shape index (κ2) is 6.82. The van der Waals surface area contributed by atoms with Crippen molar-refractivity contribution in [2.75, 3.05) is 18.3 Å². The van der Waals surface area contributed by atoms with Gasteiger partial charge in [-0.25, -0.2) is 0 Å². The third-order valence-electron chi connectivity index (χ3n) is 3.52. The van der Waals surface area contributed by atoms with Gasteiger partial charge in [0.25, 0.3) is 5.56 Å². The maximum Gasteiger partial charge on any atom is 0.295 e. The summed E-state index contributed by atoms with van der Waals surface area (Å²) in [4.78, 5) is 12.4. The Morgan fingerprint density at radius 1 is 1.08 bits per heavy atom. The molecule has 0 aliphatic heterocycles. The summed E-state index contributed by atoms with van der Waals surface area (Å²) in [7, 11) is 1.60. The molecule has 3 aromatic rings. The number of nitrogen functional groups attached to an aromatic ring is 1. The van der Waals surface area contributed by atoms with Gasteiger partial charge in [-0.2, -0.15) is 4.68 Å². The van der Waals surface area contributed by atoms with Crippen LogP contribution < -0.4 is 21.5 Å². The van der Waals surface area contributed by atoms with E-state index in [1.54, 1.807) is 7.11 Å². The molecule has 24 heavy (non-hydrogen) atoms. The fourth-order valence-electron chi connectivity index (χ4n) is 2.22.